The first kappa shape index (κ1) is 11.4. The molecule has 2 fully saturated rings. The lowest BCUT2D eigenvalue weighted by molar-refractivity contribution is -0.135. The Labute approximate surface area is 101 Å². The monoisotopic (exact) mass is 273 g/mol. The largest absolute Gasteiger partial charge is 0.341 e. The fourth-order valence-electron chi connectivity index (χ4n) is 2.76. The van der Waals surface area contributed by atoms with Gasteiger partial charge < -0.3 is 4.90 Å². The topological polar surface area (TPSA) is 20.3 Å². The molecule has 3 heteroatoms. The van der Waals surface area contributed by atoms with E-state index in [1.165, 1.54) is 25.7 Å². The van der Waals surface area contributed by atoms with Gasteiger partial charge in [-0.3, -0.25) is 4.79 Å². The molecular formula is C12H20BrNO. The summed E-state index contributed by atoms with van der Waals surface area (Å²) in [6, 6.07) is 0. The first-order valence-corrected chi connectivity index (χ1v) is 7.01. The summed E-state index contributed by atoms with van der Waals surface area (Å²) in [5, 5.41) is 0. The van der Waals surface area contributed by atoms with Crippen molar-refractivity contribution >= 4 is 21.8 Å². The minimum absolute atomic E-state index is 0.0835. The van der Waals surface area contributed by atoms with E-state index in [9.17, 15) is 4.79 Å². The molecule has 0 bridgehead atoms. The van der Waals surface area contributed by atoms with Gasteiger partial charge in [-0.2, -0.15) is 0 Å². The molecular weight excluding hydrogens is 254 g/mol. The Kier molecular flexibility index (Phi) is 3.39. The van der Waals surface area contributed by atoms with Crippen molar-refractivity contribution in [3.8, 4) is 0 Å². The van der Waals surface area contributed by atoms with Crippen LogP contribution < -0.4 is 0 Å². The molecule has 15 heavy (non-hydrogen) atoms. The zero-order valence-corrected chi connectivity index (χ0v) is 11.1. The van der Waals surface area contributed by atoms with Gasteiger partial charge in [0.05, 0.1) is 4.83 Å². The highest BCUT2D eigenvalue weighted by atomic mass is 79.9. The fourth-order valence-corrected chi connectivity index (χ4v) is 3.37. The molecule has 0 spiro atoms. The third-order valence-corrected chi connectivity index (χ3v) is 5.01. The van der Waals surface area contributed by atoms with Crippen LogP contribution in [-0.4, -0.2) is 28.7 Å². The van der Waals surface area contributed by atoms with Crippen molar-refractivity contribution in [2.75, 3.05) is 13.1 Å². The molecule has 1 saturated heterocycles. The van der Waals surface area contributed by atoms with E-state index >= 15 is 0 Å². The van der Waals surface area contributed by atoms with Crippen molar-refractivity contribution in [1.29, 1.82) is 0 Å². The quantitative estimate of drug-likeness (QED) is 0.724. The summed E-state index contributed by atoms with van der Waals surface area (Å²) in [4.78, 5) is 14.1. The first-order chi connectivity index (χ1) is 7.17. The normalized spacial score (nSPS) is 30.1. The summed E-state index contributed by atoms with van der Waals surface area (Å²) < 4.78 is 0. The second kappa shape index (κ2) is 4.44. The number of carbonyl (C=O) groups is 1. The van der Waals surface area contributed by atoms with Gasteiger partial charge in [-0.15, -0.1) is 0 Å². The van der Waals surface area contributed by atoms with Crippen LogP contribution in [0.15, 0.2) is 0 Å². The van der Waals surface area contributed by atoms with E-state index in [0.717, 1.165) is 25.9 Å². The summed E-state index contributed by atoms with van der Waals surface area (Å²) in [6.07, 6.45) is 7.38. The molecule has 1 aliphatic carbocycles. The number of halogens is 1. The van der Waals surface area contributed by atoms with Crippen LogP contribution >= 0.6 is 15.9 Å². The van der Waals surface area contributed by atoms with Crippen LogP contribution in [0.1, 0.15) is 45.4 Å². The van der Waals surface area contributed by atoms with Crippen molar-refractivity contribution in [1.82, 2.24) is 4.90 Å². The molecule has 86 valence electrons. The molecule has 1 aliphatic heterocycles. The van der Waals surface area contributed by atoms with E-state index in [2.05, 4.69) is 27.8 Å². The van der Waals surface area contributed by atoms with Crippen LogP contribution in [-0.2, 0) is 4.79 Å². The molecule has 0 aromatic rings. The number of amides is 1. The highest BCUT2D eigenvalue weighted by molar-refractivity contribution is 9.10. The predicted octanol–water partition coefficient (Wildman–Crippen LogP) is 2.95. The van der Waals surface area contributed by atoms with Crippen molar-refractivity contribution in [3.63, 3.8) is 0 Å². The van der Waals surface area contributed by atoms with E-state index in [1.807, 2.05) is 0 Å². The highest BCUT2D eigenvalue weighted by Gasteiger charge is 2.39. The second-order valence-electron chi connectivity index (χ2n) is 5.08. The van der Waals surface area contributed by atoms with E-state index < -0.39 is 0 Å². The van der Waals surface area contributed by atoms with Gasteiger partial charge in [0, 0.05) is 13.1 Å². The van der Waals surface area contributed by atoms with Crippen LogP contribution in [0.3, 0.4) is 0 Å². The molecule has 2 aliphatic rings. The Balaban J connectivity index is 1.95. The van der Waals surface area contributed by atoms with Gasteiger partial charge in [0.1, 0.15) is 0 Å². The molecule has 0 radical (unpaired) electrons. The van der Waals surface area contributed by atoms with Crippen molar-refractivity contribution < 1.29 is 4.79 Å². The van der Waals surface area contributed by atoms with E-state index in [1.54, 1.807) is 0 Å². The minimum Gasteiger partial charge on any atom is -0.341 e. The number of piperidine rings is 1. The lowest BCUT2D eigenvalue weighted by atomic mass is 9.66. The van der Waals surface area contributed by atoms with Gasteiger partial charge in [0.15, 0.2) is 0 Å². The molecule has 1 saturated carbocycles. The van der Waals surface area contributed by atoms with Gasteiger partial charge in [-0.25, -0.2) is 0 Å². The van der Waals surface area contributed by atoms with Crippen LogP contribution in [0, 0.1) is 5.41 Å². The lowest BCUT2D eigenvalue weighted by Crippen LogP contribution is -2.49. The van der Waals surface area contributed by atoms with Gasteiger partial charge in [-0.05, 0) is 37.5 Å². The zero-order valence-electron chi connectivity index (χ0n) is 9.47. The molecule has 0 aromatic carbocycles. The first-order valence-electron chi connectivity index (χ1n) is 6.10. The maximum Gasteiger partial charge on any atom is 0.236 e. The van der Waals surface area contributed by atoms with Crippen LogP contribution in [0.4, 0.5) is 0 Å². The third kappa shape index (κ3) is 2.22. The predicted molar refractivity (Wildman–Crippen MR) is 65.1 cm³/mol. The SMILES string of the molecule is CCC1(CN2CCCC(Br)C2=O)CCC1. The molecule has 1 amide bonds. The minimum atomic E-state index is 0.0835. The molecule has 1 unspecified atom stereocenters. The van der Waals surface area contributed by atoms with Crippen molar-refractivity contribution in [3.05, 3.63) is 0 Å². The highest BCUT2D eigenvalue weighted by Crippen LogP contribution is 2.44. The lowest BCUT2D eigenvalue weighted by Gasteiger charge is -2.46. The van der Waals surface area contributed by atoms with Gasteiger partial charge in [0.25, 0.3) is 0 Å². The molecule has 1 heterocycles. The van der Waals surface area contributed by atoms with Gasteiger partial charge >= 0.3 is 0 Å². The number of hydrogen-bond donors (Lipinski definition) is 0. The summed E-state index contributed by atoms with van der Waals surface area (Å²) in [7, 11) is 0. The van der Waals surface area contributed by atoms with Gasteiger partial charge in [0.2, 0.25) is 5.91 Å². The third-order valence-electron chi connectivity index (χ3n) is 4.16. The second-order valence-corrected chi connectivity index (χ2v) is 6.18. The summed E-state index contributed by atoms with van der Waals surface area (Å²) in [5.41, 5.74) is 0.472. The van der Waals surface area contributed by atoms with Crippen LogP contribution in [0.25, 0.3) is 0 Å². The summed E-state index contributed by atoms with van der Waals surface area (Å²) in [6.45, 7) is 4.24. The smallest absolute Gasteiger partial charge is 0.236 e. The molecule has 1 atom stereocenters. The number of nitrogens with zero attached hydrogens (tertiary/aromatic N) is 1. The molecule has 0 N–H and O–H groups in total. The average molecular weight is 274 g/mol. The van der Waals surface area contributed by atoms with E-state index in [-0.39, 0.29) is 4.83 Å². The zero-order chi connectivity index (χ0) is 10.9. The average Bonchev–Trinajstić information content (AvgIpc) is 2.18. The maximum atomic E-state index is 11.9. The standard InChI is InChI=1S/C12H20BrNO/c1-2-12(6-4-7-12)9-14-8-3-5-10(13)11(14)15/h10H,2-9H2,1H3. The Morgan fingerprint density at radius 1 is 1.47 bits per heavy atom. The molecule has 2 nitrogen and oxygen atoms in total. The van der Waals surface area contributed by atoms with Crippen molar-refractivity contribution in [2.24, 2.45) is 5.41 Å². The number of alkyl halides is 1. The van der Waals surface area contributed by atoms with Gasteiger partial charge in [-0.1, -0.05) is 29.3 Å². The van der Waals surface area contributed by atoms with Crippen molar-refractivity contribution in [2.45, 2.75) is 50.3 Å². The molecule has 0 aromatic heterocycles. The van der Waals surface area contributed by atoms with E-state index in [4.69, 9.17) is 0 Å². The molecule has 2 rings (SSSR count). The van der Waals surface area contributed by atoms with E-state index in [0.29, 0.717) is 11.3 Å². The fraction of sp³-hybridized carbons (Fsp3) is 0.917. The number of hydrogen-bond acceptors (Lipinski definition) is 1. The Hall–Kier alpha value is -0.0500. The van der Waals surface area contributed by atoms with Crippen LogP contribution in [0.5, 0.6) is 0 Å². The Morgan fingerprint density at radius 2 is 2.20 bits per heavy atom. The number of carbonyl (C=O) groups excluding carboxylic acids is 1. The Morgan fingerprint density at radius 3 is 2.73 bits per heavy atom. The number of rotatable bonds is 3. The summed E-state index contributed by atoms with van der Waals surface area (Å²) >= 11 is 3.47. The van der Waals surface area contributed by atoms with Crippen LogP contribution in [0.2, 0.25) is 0 Å². The summed E-state index contributed by atoms with van der Waals surface area (Å²) in [5.74, 6) is 0.320. The maximum absolute atomic E-state index is 11.9. The number of likely N-dealkylation sites (tertiary alicyclic amines) is 1. The Bertz CT molecular complexity index is 244.